The number of rotatable bonds is 20. The van der Waals surface area contributed by atoms with Gasteiger partial charge in [-0.1, -0.05) is 172 Å². The van der Waals surface area contributed by atoms with Crippen molar-refractivity contribution in [1.29, 1.82) is 0 Å². The molecule has 0 spiro atoms. The topological polar surface area (TPSA) is 37.4 Å². The molecule has 6 rings (SSSR count). The van der Waals surface area contributed by atoms with Crippen molar-refractivity contribution in [2.45, 2.75) is 190 Å². The molecule has 2 aromatic carbocycles. The van der Waals surface area contributed by atoms with Crippen molar-refractivity contribution in [2.24, 2.45) is 11.8 Å². The van der Waals surface area contributed by atoms with Crippen LogP contribution in [0.5, 0.6) is 0 Å². The molecular weight excluding hydrogens is 767 g/mol. The summed E-state index contributed by atoms with van der Waals surface area (Å²) in [6, 6.07) is 10.1. The van der Waals surface area contributed by atoms with Crippen molar-refractivity contribution >= 4 is 76.8 Å². The Morgan fingerprint density at radius 3 is 1.60 bits per heavy atom. The van der Waals surface area contributed by atoms with Crippen molar-refractivity contribution in [3.63, 3.8) is 0 Å². The summed E-state index contributed by atoms with van der Waals surface area (Å²) < 4.78 is 2.69. The number of amides is 2. The summed E-state index contributed by atoms with van der Waals surface area (Å²) in [6.07, 6.45) is 19.2. The minimum atomic E-state index is -0.252. The predicted molar refractivity (Wildman–Crippen MR) is 258 cm³/mol. The van der Waals surface area contributed by atoms with E-state index in [0.717, 1.165) is 46.7 Å². The van der Waals surface area contributed by atoms with Crippen molar-refractivity contribution in [1.82, 2.24) is 4.90 Å². The molecule has 6 heteroatoms. The highest BCUT2D eigenvalue weighted by atomic mass is 32.1. The monoisotopic (exact) mass is 839 g/mol. The lowest BCUT2D eigenvalue weighted by atomic mass is 9.83. The SMILES string of the molecule is CCCCCCCCN1C(=O)c2c(-c3cc4c5cc(CC(CC)CCCC)c(CC(CC)CCCC)cc5c5cc(C(C)(C)C)sc5c4s3)sc(C(C)(C)C)c2C1=O. The molecule has 3 aromatic heterocycles. The fourth-order valence-corrected chi connectivity index (χ4v) is 13.2. The number of carbonyl (C=O) groups is 2. The van der Waals surface area contributed by atoms with E-state index in [1.54, 1.807) is 27.4 Å². The number of nitrogens with zero attached hydrogens (tertiary/aromatic N) is 1. The Morgan fingerprint density at radius 2 is 1.07 bits per heavy atom. The molecule has 0 saturated carbocycles. The highest BCUT2D eigenvalue weighted by molar-refractivity contribution is 7.31. The number of hydrogen-bond acceptors (Lipinski definition) is 5. The Bertz CT molecular complexity index is 2220. The molecule has 0 bridgehead atoms. The van der Waals surface area contributed by atoms with E-state index in [4.69, 9.17) is 0 Å². The fourth-order valence-electron chi connectivity index (χ4n) is 9.18. The lowest BCUT2D eigenvalue weighted by molar-refractivity contribution is 0.0650. The normalized spacial score (nSPS) is 14.8. The van der Waals surface area contributed by atoms with Crippen LogP contribution in [0.2, 0.25) is 0 Å². The Labute approximate surface area is 363 Å². The van der Waals surface area contributed by atoms with Gasteiger partial charge in [0.1, 0.15) is 0 Å². The van der Waals surface area contributed by atoms with Crippen LogP contribution < -0.4 is 0 Å². The Hall–Kier alpha value is -2.54. The zero-order valence-electron chi connectivity index (χ0n) is 38.0. The number of hydrogen-bond donors (Lipinski definition) is 0. The minimum Gasteiger partial charge on any atom is -0.274 e. The second kappa shape index (κ2) is 19.0. The fraction of sp³-hybridized carbons (Fsp3) is 0.615. The zero-order valence-corrected chi connectivity index (χ0v) is 40.4. The number of carbonyl (C=O) groups excluding carboxylic acids is 2. The van der Waals surface area contributed by atoms with E-state index in [-0.39, 0.29) is 22.6 Å². The summed E-state index contributed by atoms with van der Waals surface area (Å²) in [5, 5.41) is 5.41. The van der Waals surface area contributed by atoms with Crippen LogP contribution in [-0.2, 0) is 23.7 Å². The quantitative estimate of drug-likeness (QED) is 0.0578. The summed E-state index contributed by atoms with van der Waals surface area (Å²) in [6.45, 7) is 25.7. The van der Waals surface area contributed by atoms with Crippen molar-refractivity contribution in [3.05, 3.63) is 56.3 Å². The molecule has 5 aromatic rings. The minimum absolute atomic E-state index is 0.0364. The number of imide groups is 1. The van der Waals surface area contributed by atoms with Crippen molar-refractivity contribution < 1.29 is 9.59 Å². The van der Waals surface area contributed by atoms with Crippen LogP contribution >= 0.6 is 34.0 Å². The van der Waals surface area contributed by atoms with E-state index in [9.17, 15) is 9.59 Å². The average Bonchev–Trinajstić information content (AvgIpc) is 3.97. The maximum Gasteiger partial charge on any atom is 0.263 e. The van der Waals surface area contributed by atoms with Crippen LogP contribution in [0.4, 0.5) is 0 Å². The molecule has 0 saturated heterocycles. The molecule has 0 radical (unpaired) electrons. The largest absolute Gasteiger partial charge is 0.274 e. The van der Waals surface area contributed by atoms with Gasteiger partial charge in [-0.3, -0.25) is 14.5 Å². The molecular formula is C52H73NO2S3. The molecule has 0 N–H and O–H groups in total. The molecule has 3 nitrogen and oxygen atoms in total. The molecule has 1 aliphatic rings. The number of unbranched alkanes of at least 4 members (excludes halogenated alkanes) is 7. The zero-order chi connectivity index (χ0) is 41.9. The summed E-state index contributed by atoms with van der Waals surface area (Å²) in [4.78, 5) is 34.8. The van der Waals surface area contributed by atoms with Crippen LogP contribution in [0.25, 0.3) is 40.7 Å². The van der Waals surface area contributed by atoms with Crippen LogP contribution in [0.15, 0.2) is 24.3 Å². The first-order valence-electron chi connectivity index (χ1n) is 23.1. The van der Waals surface area contributed by atoms with Gasteiger partial charge >= 0.3 is 0 Å². The van der Waals surface area contributed by atoms with E-state index in [1.807, 2.05) is 22.7 Å². The molecule has 316 valence electrons. The number of fused-ring (bicyclic) bond motifs is 7. The van der Waals surface area contributed by atoms with Crippen molar-refractivity contribution in [2.75, 3.05) is 6.54 Å². The lowest BCUT2D eigenvalue weighted by Gasteiger charge is -2.22. The molecule has 0 fully saturated rings. The molecule has 1 aliphatic heterocycles. The van der Waals surface area contributed by atoms with Crippen LogP contribution in [-0.4, -0.2) is 23.3 Å². The Kier molecular flexibility index (Phi) is 14.8. The first-order chi connectivity index (χ1) is 27.7. The highest BCUT2D eigenvalue weighted by Gasteiger charge is 2.44. The van der Waals surface area contributed by atoms with E-state index in [0.29, 0.717) is 29.5 Å². The lowest BCUT2D eigenvalue weighted by Crippen LogP contribution is -2.31. The number of benzene rings is 2. The third kappa shape index (κ3) is 9.35. The number of thiophene rings is 3. The third-order valence-corrected chi connectivity index (χ3v) is 17.6. The van der Waals surface area contributed by atoms with Gasteiger partial charge in [-0.05, 0) is 76.0 Å². The summed E-state index contributed by atoms with van der Waals surface area (Å²) >= 11 is 5.49. The first kappa shape index (κ1) is 45.0. The van der Waals surface area contributed by atoms with Gasteiger partial charge in [0, 0.05) is 31.9 Å². The van der Waals surface area contributed by atoms with Crippen LogP contribution in [0.3, 0.4) is 0 Å². The van der Waals surface area contributed by atoms with Gasteiger partial charge in [0.15, 0.2) is 0 Å². The Balaban J connectivity index is 1.55. The smallest absolute Gasteiger partial charge is 0.263 e. The molecule has 0 aliphatic carbocycles. The molecule has 2 amide bonds. The van der Waals surface area contributed by atoms with E-state index >= 15 is 0 Å². The predicted octanol–water partition coefficient (Wildman–Crippen LogP) is 17.1. The summed E-state index contributed by atoms with van der Waals surface area (Å²) in [7, 11) is 0. The van der Waals surface area contributed by atoms with Gasteiger partial charge in [-0.2, -0.15) is 0 Å². The van der Waals surface area contributed by atoms with Gasteiger partial charge < -0.3 is 0 Å². The second-order valence-electron chi connectivity index (χ2n) is 19.7. The van der Waals surface area contributed by atoms with E-state index < -0.39 is 0 Å². The van der Waals surface area contributed by atoms with E-state index in [2.05, 4.69) is 100 Å². The molecule has 58 heavy (non-hydrogen) atoms. The maximum absolute atomic E-state index is 14.4. The van der Waals surface area contributed by atoms with E-state index in [1.165, 1.54) is 106 Å². The third-order valence-electron chi connectivity index (χ3n) is 12.9. The van der Waals surface area contributed by atoms with Gasteiger partial charge in [0.25, 0.3) is 11.8 Å². The average molecular weight is 840 g/mol. The Morgan fingerprint density at radius 1 is 0.552 bits per heavy atom. The molecule has 2 atom stereocenters. The molecule has 4 heterocycles. The van der Waals surface area contributed by atoms with Gasteiger partial charge in [0.05, 0.1) is 25.4 Å². The second-order valence-corrected chi connectivity index (χ2v) is 22.8. The van der Waals surface area contributed by atoms with Gasteiger partial charge in [-0.15, -0.1) is 34.0 Å². The first-order valence-corrected chi connectivity index (χ1v) is 25.6. The van der Waals surface area contributed by atoms with Crippen LogP contribution in [0, 0.1) is 11.8 Å². The van der Waals surface area contributed by atoms with Gasteiger partial charge in [-0.25, -0.2) is 0 Å². The summed E-state index contributed by atoms with van der Waals surface area (Å²) in [5.41, 5.74) is 4.21. The highest BCUT2D eigenvalue weighted by Crippen LogP contribution is 2.52. The van der Waals surface area contributed by atoms with Crippen LogP contribution in [0.1, 0.15) is 208 Å². The maximum atomic E-state index is 14.4. The standard InChI is InChI=1S/C52H73NO2S3/c1-12-17-20-21-22-23-26-53-49(54)43-44(50(53)55)48(52(9,10)11)58-47(43)41-31-39-37-29-35(27-33(15-4)24-18-13-2)36(28-34(16-5)25-19-14-3)30-38(37)40-32-42(51(6,7)8)57-46(40)45(39)56-41/h29-34H,12-28H2,1-11H3. The summed E-state index contributed by atoms with van der Waals surface area (Å²) in [5.74, 6) is 1.21. The van der Waals surface area contributed by atoms with Gasteiger partial charge in [0.2, 0.25) is 0 Å². The van der Waals surface area contributed by atoms with Crippen molar-refractivity contribution in [3.8, 4) is 9.75 Å². The molecule has 2 unspecified atom stereocenters.